The number of hydrazone groups is 1. The van der Waals surface area contributed by atoms with Crippen LogP contribution in [0.3, 0.4) is 0 Å². The molecule has 8 heteroatoms. The molecule has 6 nitrogen and oxygen atoms in total. The molecule has 0 bridgehead atoms. The molecule has 0 fully saturated rings. The molecule has 0 radical (unpaired) electrons. The molecule has 0 aromatic carbocycles. The average molecular weight is 401 g/mol. The number of nitrogens with one attached hydrogen (secondary N) is 1. The molecule has 0 aliphatic heterocycles. The van der Waals surface area contributed by atoms with E-state index in [1.165, 1.54) is 27.1 Å². The van der Waals surface area contributed by atoms with Crippen LogP contribution in [0, 0.1) is 5.92 Å². The first-order valence-corrected chi connectivity index (χ1v) is 10.6. The summed E-state index contributed by atoms with van der Waals surface area (Å²) in [4.78, 5) is 32.9. The van der Waals surface area contributed by atoms with E-state index in [0.29, 0.717) is 11.3 Å². The maximum Gasteiger partial charge on any atom is 0.263 e. The van der Waals surface area contributed by atoms with Crippen LogP contribution in [0.2, 0.25) is 0 Å². The SMILES string of the molecule is CC1CCc2c(sc3ncn(C(C)C(=O)N/N=C/c4cccs4)c(=O)c23)C1. The summed E-state index contributed by atoms with van der Waals surface area (Å²) in [6, 6.07) is 3.14. The maximum atomic E-state index is 13.1. The molecule has 2 atom stereocenters. The molecule has 1 aliphatic rings. The van der Waals surface area contributed by atoms with Crippen molar-refractivity contribution in [2.75, 3.05) is 0 Å². The van der Waals surface area contributed by atoms with Gasteiger partial charge in [-0.25, -0.2) is 10.4 Å². The van der Waals surface area contributed by atoms with Gasteiger partial charge in [-0.2, -0.15) is 5.10 Å². The smallest absolute Gasteiger partial charge is 0.263 e. The Kier molecular flexibility index (Phi) is 4.92. The highest BCUT2D eigenvalue weighted by Crippen LogP contribution is 2.35. The standard InChI is InChI=1S/C19H20N4O2S2/c1-11-5-6-14-15(8-11)27-18-16(14)19(25)23(10-20-18)12(2)17(24)22-21-9-13-4-3-7-26-13/h3-4,7,9-12H,5-6,8H2,1-2H3,(H,22,24)/b21-9+. The van der Waals surface area contributed by atoms with Crippen LogP contribution in [0.25, 0.3) is 10.2 Å². The Hall–Kier alpha value is -2.32. The molecule has 3 aromatic rings. The summed E-state index contributed by atoms with van der Waals surface area (Å²) in [6.45, 7) is 3.92. The summed E-state index contributed by atoms with van der Waals surface area (Å²) >= 11 is 3.14. The van der Waals surface area contributed by atoms with Crippen molar-refractivity contribution in [3.63, 3.8) is 0 Å². The molecule has 1 N–H and O–H groups in total. The quantitative estimate of drug-likeness (QED) is 0.539. The van der Waals surface area contributed by atoms with Gasteiger partial charge < -0.3 is 0 Å². The number of rotatable bonds is 4. The number of carbonyl (C=O) groups is 1. The topological polar surface area (TPSA) is 76.3 Å². The van der Waals surface area contributed by atoms with Gasteiger partial charge in [-0.15, -0.1) is 22.7 Å². The van der Waals surface area contributed by atoms with Crippen LogP contribution in [0.5, 0.6) is 0 Å². The molecule has 1 amide bonds. The van der Waals surface area contributed by atoms with E-state index < -0.39 is 6.04 Å². The number of hydrogen-bond acceptors (Lipinski definition) is 6. The molecule has 27 heavy (non-hydrogen) atoms. The van der Waals surface area contributed by atoms with E-state index in [4.69, 9.17) is 0 Å². The Morgan fingerprint density at radius 2 is 2.37 bits per heavy atom. The molecule has 140 valence electrons. The van der Waals surface area contributed by atoms with Crippen LogP contribution in [0.15, 0.2) is 33.7 Å². The molecule has 0 spiro atoms. The highest BCUT2D eigenvalue weighted by atomic mass is 32.1. The van der Waals surface area contributed by atoms with Crippen LogP contribution in [0.4, 0.5) is 0 Å². The average Bonchev–Trinajstić information content (AvgIpc) is 3.28. The van der Waals surface area contributed by atoms with Crippen molar-refractivity contribution in [3.8, 4) is 0 Å². The largest absolute Gasteiger partial charge is 0.286 e. The number of amides is 1. The molecular weight excluding hydrogens is 380 g/mol. The third-order valence-corrected chi connectivity index (χ3v) is 6.92. The van der Waals surface area contributed by atoms with Gasteiger partial charge in [-0.05, 0) is 49.1 Å². The zero-order chi connectivity index (χ0) is 19.0. The minimum absolute atomic E-state index is 0.142. The first-order valence-electron chi connectivity index (χ1n) is 8.92. The lowest BCUT2D eigenvalue weighted by atomic mass is 9.89. The van der Waals surface area contributed by atoms with Gasteiger partial charge in [0.15, 0.2) is 0 Å². The van der Waals surface area contributed by atoms with Crippen molar-refractivity contribution in [3.05, 3.63) is 49.5 Å². The molecule has 0 saturated carbocycles. The molecule has 3 heterocycles. The second kappa shape index (κ2) is 7.36. The highest BCUT2D eigenvalue weighted by molar-refractivity contribution is 7.18. The van der Waals surface area contributed by atoms with E-state index in [1.54, 1.807) is 24.5 Å². The third kappa shape index (κ3) is 3.46. The molecule has 3 aromatic heterocycles. The summed E-state index contributed by atoms with van der Waals surface area (Å²) in [5.74, 6) is 0.294. The van der Waals surface area contributed by atoms with Gasteiger partial charge in [0.2, 0.25) is 0 Å². The number of hydrogen-bond donors (Lipinski definition) is 1. The van der Waals surface area contributed by atoms with Gasteiger partial charge in [-0.1, -0.05) is 13.0 Å². The van der Waals surface area contributed by atoms with Gasteiger partial charge in [0.05, 0.1) is 17.9 Å². The van der Waals surface area contributed by atoms with Gasteiger partial charge in [0, 0.05) is 9.75 Å². The monoisotopic (exact) mass is 400 g/mol. The normalized spacial score (nSPS) is 17.9. The summed E-state index contributed by atoms with van der Waals surface area (Å²) in [6.07, 6.45) is 6.06. The third-order valence-electron chi connectivity index (χ3n) is 4.95. The minimum Gasteiger partial charge on any atom is -0.286 e. The van der Waals surface area contributed by atoms with Crippen molar-refractivity contribution in [2.24, 2.45) is 11.0 Å². The fourth-order valence-corrected chi connectivity index (χ4v) is 5.29. The van der Waals surface area contributed by atoms with Crippen LogP contribution < -0.4 is 11.0 Å². The Morgan fingerprint density at radius 3 is 3.15 bits per heavy atom. The van der Waals surface area contributed by atoms with E-state index in [1.807, 2.05) is 17.5 Å². The number of aromatic nitrogens is 2. The fraction of sp³-hybridized carbons (Fsp3) is 0.368. The summed E-state index contributed by atoms with van der Waals surface area (Å²) in [5.41, 5.74) is 3.50. The first-order chi connectivity index (χ1) is 13.0. The van der Waals surface area contributed by atoms with Gasteiger partial charge in [-0.3, -0.25) is 14.2 Å². The molecular formula is C19H20N4O2S2. The van der Waals surface area contributed by atoms with Gasteiger partial charge in [0.25, 0.3) is 11.5 Å². The van der Waals surface area contributed by atoms with Crippen LogP contribution in [-0.2, 0) is 17.6 Å². The Morgan fingerprint density at radius 1 is 1.52 bits per heavy atom. The van der Waals surface area contributed by atoms with Crippen molar-refractivity contribution in [1.82, 2.24) is 15.0 Å². The second-order valence-corrected chi connectivity index (χ2v) is 8.98. The molecule has 2 unspecified atom stereocenters. The lowest BCUT2D eigenvalue weighted by molar-refractivity contribution is -0.123. The van der Waals surface area contributed by atoms with Crippen molar-refractivity contribution < 1.29 is 4.79 Å². The number of fused-ring (bicyclic) bond motifs is 3. The van der Waals surface area contributed by atoms with E-state index in [0.717, 1.165) is 34.5 Å². The van der Waals surface area contributed by atoms with Crippen molar-refractivity contribution in [1.29, 1.82) is 0 Å². The zero-order valence-electron chi connectivity index (χ0n) is 15.1. The van der Waals surface area contributed by atoms with Gasteiger partial charge >= 0.3 is 0 Å². The molecule has 0 saturated heterocycles. The number of carbonyl (C=O) groups excluding carboxylic acids is 1. The predicted octanol–water partition coefficient (Wildman–Crippen LogP) is 3.36. The number of aryl methyl sites for hydroxylation is 1. The second-order valence-electron chi connectivity index (χ2n) is 6.91. The van der Waals surface area contributed by atoms with E-state index >= 15 is 0 Å². The first kappa shape index (κ1) is 18.1. The summed E-state index contributed by atoms with van der Waals surface area (Å²) in [5, 5.41) is 6.60. The van der Waals surface area contributed by atoms with Crippen molar-refractivity contribution in [2.45, 2.75) is 39.2 Å². The number of thiophene rings is 2. The molecule has 1 aliphatic carbocycles. The highest BCUT2D eigenvalue weighted by Gasteiger charge is 2.25. The van der Waals surface area contributed by atoms with Gasteiger partial charge in [0.1, 0.15) is 10.9 Å². The van der Waals surface area contributed by atoms with Crippen molar-refractivity contribution >= 4 is 45.0 Å². The lowest BCUT2D eigenvalue weighted by Crippen LogP contribution is -2.34. The maximum absolute atomic E-state index is 13.1. The number of nitrogens with zero attached hydrogens (tertiary/aromatic N) is 3. The molecule has 4 rings (SSSR count). The van der Waals surface area contributed by atoms with E-state index in [9.17, 15) is 9.59 Å². The predicted molar refractivity (Wildman–Crippen MR) is 110 cm³/mol. The minimum atomic E-state index is -0.687. The Bertz CT molecular complexity index is 1070. The Labute approximate surface area is 164 Å². The van der Waals surface area contributed by atoms with E-state index in [-0.39, 0.29) is 11.5 Å². The van der Waals surface area contributed by atoms with Crippen LogP contribution in [-0.4, -0.2) is 21.7 Å². The van der Waals surface area contributed by atoms with E-state index in [2.05, 4.69) is 22.4 Å². The Balaban J connectivity index is 1.60. The fourth-order valence-electron chi connectivity index (χ4n) is 3.36. The zero-order valence-corrected chi connectivity index (χ0v) is 16.8. The van der Waals surface area contributed by atoms with Crippen LogP contribution in [0.1, 0.15) is 41.6 Å². The lowest BCUT2D eigenvalue weighted by Gasteiger charge is -2.18. The van der Waals surface area contributed by atoms with Crippen LogP contribution >= 0.6 is 22.7 Å². The summed E-state index contributed by atoms with van der Waals surface area (Å²) < 4.78 is 1.41. The summed E-state index contributed by atoms with van der Waals surface area (Å²) in [7, 11) is 0.